The van der Waals surface area contributed by atoms with Crippen molar-refractivity contribution in [2.75, 3.05) is 26.2 Å². The van der Waals surface area contributed by atoms with Crippen molar-refractivity contribution in [1.82, 2.24) is 14.8 Å². The molecule has 0 bridgehead atoms. The van der Waals surface area contributed by atoms with E-state index >= 15 is 0 Å². The molecule has 0 spiro atoms. The molecule has 2 N–H and O–H groups in total. The lowest BCUT2D eigenvalue weighted by Gasteiger charge is -2.35. The summed E-state index contributed by atoms with van der Waals surface area (Å²) < 4.78 is 0. The van der Waals surface area contributed by atoms with Gasteiger partial charge < -0.3 is 10.6 Å². The van der Waals surface area contributed by atoms with Crippen LogP contribution in [-0.2, 0) is 11.3 Å². The Balaban J connectivity index is 1.74. The molecule has 5 heteroatoms. The van der Waals surface area contributed by atoms with Gasteiger partial charge in [0, 0.05) is 57.1 Å². The van der Waals surface area contributed by atoms with Crippen molar-refractivity contribution in [3.8, 4) is 0 Å². The summed E-state index contributed by atoms with van der Waals surface area (Å²) in [4.78, 5) is 20.5. The molecule has 0 aromatic carbocycles. The second kappa shape index (κ2) is 7.00. The second-order valence-corrected chi connectivity index (χ2v) is 6.50. The van der Waals surface area contributed by atoms with Crippen LogP contribution >= 0.6 is 0 Å². The van der Waals surface area contributed by atoms with Crippen LogP contribution in [0.25, 0.3) is 0 Å². The van der Waals surface area contributed by atoms with E-state index in [9.17, 15) is 4.79 Å². The molecule has 0 unspecified atom stereocenters. The normalized spacial score (nSPS) is 17.0. The minimum Gasteiger partial charge on any atom is -0.340 e. The Morgan fingerprint density at radius 2 is 1.86 bits per heavy atom. The predicted octanol–water partition coefficient (Wildman–Crippen LogP) is 1.24. The molecular formula is C16H26N4O. The van der Waals surface area contributed by atoms with Gasteiger partial charge in [-0.15, -0.1) is 0 Å². The van der Waals surface area contributed by atoms with Gasteiger partial charge in [0.1, 0.15) is 0 Å². The fourth-order valence-corrected chi connectivity index (χ4v) is 2.49. The molecule has 1 aromatic heterocycles. The van der Waals surface area contributed by atoms with Gasteiger partial charge >= 0.3 is 0 Å². The number of hydrogen-bond donors (Lipinski definition) is 1. The van der Waals surface area contributed by atoms with E-state index in [-0.39, 0.29) is 11.4 Å². The summed E-state index contributed by atoms with van der Waals surface area (Å²) >= 11 is 0. The summed E-state index contributed by atoms with van der Waals surface area (Å²) in [5.74, 6) is 0.233. The summed E-state index contributed by atoms with van der Waals surface area (Å²) in [5.41, 5.74) is 6.94. The predicted molar refractivity (Wildman–Crippen MR) is 83.6 cm³/mol. The largest absolute Gasteiger partial charge is 0.340 e. The van der Waals surface area contributed by atoms with Gasteiger partial charge in [0.2, 0.25) is 5.91 Å². The Labute approximate surface area is 127 Å². The molecule has 21 heavy (non-hydrogen) atoms. The number of nitrogens with two attached hydrogens (primary N) is 1. The Kier molecular flexibility index (Phi) is 5.31. The molecule has 1 aliphatic rings. The molecule has 1 aromatic rings. The van der Waals surface area contributed by atoms with Gasteiger partial charge in [-0.05, 0) is 38.0 Å². The van der Waals surface area contributed by atoms with Crippen molar-refractivity contribution < 1.29 is 4.79 Å². The highest BCUT2D eigenvalue weighted by Gasteiger charge is 2.22. The average Bonchev–Trinajstić information content (AvgIpc) is 2.46. The minimum absolute atomic E-state index is 0.233. The van der Waals surface area contributed by atoms with E-state index in [0.29, 0.717) is 6.42 Å². The topological polar surface area (TPSA) is 62.5 Å². The summed E-state index contributed by atoms with van der Waals surface area (Å²) in [6, 6.07) is 4.09. The maximum Gasteiger partial charge on any atom is 0.222 e. The Morgan fingerprint density at radius 1 is 1.24 bits per heavy atom. The second-order valence-electron chi connectivity index (χ2n) is 6.50. The van der Waals surface area contributed by atoms with E-state index < -0.39 is 0 Å². The van der Waals surface area contributed by atoms with Crippen LogP contribution in [0.15, 0.2) is 24.5 Å². The van der Waals surface area contributed by atoms with Gasteiger partial charge in [-0.3, -0.25) is 14.7 Å². The number of pyridine rings is 1. The lowest BCUT2D eigenvalue weighted by molar-refractivity contribution is -0.133. The van der Waals surface area contributed by atoms with Crippen LogP contribution in [0, 0.1) is 0 Å². The summed E-state index contributed by atoms with van der Waals surface area (Å²) in [7, 11) is 0. The van der Waals surface area contributed by atoms with Crippen LogP contribution in [0.2, 0.25) is 0 Å². The van der Waals surface area contributed by atoms with Crippen molar-refractivity contribution in [2.45, 2.75) is 38.8 Å². The summed E-state index contributed by atoms with van der Waals surface area (Å²) in [6.07, 6.45) is 4.93. The van der Waals surface area contributed by atoms with E-state index in [2.05, 4.69) is 9.88 Å². The Hall–Kier alpha value is -1.46. The summed E-state index contributed by atoms with van der Waals surface area (Å²) in [5, 5.41) is 0. The van der Waals surface area contributed by atoms with Crippen LogP contribution in [0.5, 0.6) is 0 Å². The molecule has 0 atom stereocenters. The summed E-state index contributed by atoms with van der Waals surface area (Å²) in [6.45, 7) is 8.35. The Bertz CT molecular complexity index is 447. The van der Waals surface area contributed by atoms with Crippen LogP contribution < -0.4 is 5.73 Å². The highest BCUT2D eigenvalue weighted by atomic mass is 16.2. The molecule has 5 nitrogen and oxygen atoms in total. The minimum atomic E-state index is -0.265. The zero-order chi connectivity index (χ0) is 15.3. The van der Waals surface area contributed by atoms with Crippen molar-refractivity contribution in [3.63, 3.8) is 0 Å². The maximum atomic E-state index is 12.2. The average molecular weight is 290 g/mol. The van der Waals surface area contributed by atoms with Crippen LogP contribution in [0.4, 0.5) is 0 Å². The van der Waals surface area contributed by atoms with E-state index in [1.807, 2.05) is 43.3 Å². The van der Waals surface area contributed by atoms with E-state index in [1.54, 1.807) is 0 Å². The van der Waals surface area contributed by atoms with Gasteiger partial charge in [-0.25, -0.2) is 0 Å². The van der Waals surface area contributed by atoms with Crippen molar-refractivity contribution in [1.29, 1.82) is 0 Å². The van der Waals surface area contributed by atoms with Crippen molar-refractivity contribution in [2.24, 2.45) is 5.73 Å². The van der Waals surface area contributed by atoms with Crippen molar-refractivity contribution in [3.05, 3.63) is 30.1 Å². The molecule has 2 heterocycles. The van der Waals surface area contributed by atoms with E-state index in [4.69, 9.17) is 5.73 Å². The van der Waals surface area contributed by atoms with Gasteiger partial charge in [-0.1, -0.05) is 0 Å². The SMILES string of the molecule is CC(C)(N)CCC(=O)N1CCN(Cc2ccncc2)CC1. The van der Waals surface area contributed by atoms with Crippen molar-refractivity contribution >= 4 is 5.91 Å². The number of amides is 1. The van der Waals surface area contributed by atoms with Crippen LogP contribution in [0.1, 0.15) is 32.3 Å². The first-order valence-corrected chi connectivity index (χ1v) is 7.62. The lowest BCUT2D eigenvalue weighted by Crippen LogP contribution is -2.48. The Morgan fingerprint density at radius 3 is 2.43 bits per heavy atom. The highest BCUT2D eigenvalue weighted by Crippen LogP contribution is 2.12. The number of carbonyl (C=O) groups is 1. The first kappa shape index (κ1) is 15.9. The highest BCUT2D eigenvalue weighted by molar-refractivity contribution is 5.76. The molecule has 0 saturated carbocycles. The molecule has 1 fully saturated rings. The molecule has 2 rings (SSSR count). The number of piperazine rings is 1. The fourth-order valence-electron chi connectivity index (χ4n) is 2.49. The number of rotatable bonds is 5. The fraction of sp³-hybridized carbons (Fsp3) is 0.625. The van der Waals surface area contributed by atoms with E-state index in [0.717, 1.165) is 39.1 Å². The van der Waals surface area contributed by atoms with E-state index in [1.165, 1.54) is 5.56 Å². The number of carbonyl (C=O) groups excluding carboxylic acids is 1. The van der Waals surface area contributed by atoms with Crippen LogP contribution in [0.3, 0.4) is 0 Å². The lowest BCUT2D eigenvalue weighted by atomic mass is 9.99. The number of nitrogens with zero attached hydrogens (tertiary/aromatic N) is 3. The first-order chi connectivity index (χ1) is 9.94. The molecule has 1 aliphatic heterocycles. The molecule has 1 saturated heterocycles. The monoisotopic (exact) mass is 290 g/mol. The number of hydrogen-bond acceptors (Lipinski definition) is 4. The quantitative estimate of drug-likeness (QED) is 0.886. The standard InChI is InChI=1S/C16H26N4O/c1-16(2,17)6-3-15(21)20-11-9-19(10-12-20)13-14-4-7-18-8-5-14/h4-5,7-8H,3,6,9-13,17H2,1-2H3. The molecular weight excluding hydrogens is 264 g/mol. The van der Waals surface area contributed by atoms with Gasteiger partial charge in [0.25, 0.3) is 0 Å². The zero-order valence-corrected chi connectivity index (χ0v) is 13.1. The van der Waals surface area contributed by atoms with Gasteiger partial charge in [0.15, 0.2) is 0 Å². The maximum absolute atomic E-state index is 12.2. The first-order valence-electron chi connectivity index (χ1n) is 7.62. The third-order valence-corrected chi connectivity index (χ3v) is 3.86. The molecule has 1 amide bonds. The smallest absolute Gasteiger partial charge is 0.222 e. The van der Waals surface area contributed by atoms with Gasteiger partial charge in [0.05, 0.1) is 0 Å². The number of aromatic nitrogens is 1. The molecule has 0 radical (unpaired) electrons. The van der Waals surface area contributed by atoms with Gasteiger partial charge in [-0.2, -0.15) is 0 Å². The zero-order valence-electron chi connectivity index (χ0n) is 13.1. The molecule has 0 aliphatic carbocycles. The third-order valence-electron chi connectivity index (χ3n) is 3.86. The van der Waals surface area contributed by atoms with Crippen LogP contribution in [-0.4, -0.2) is 52.4 Å². The molecule has 116 valence electrons. The third kappa shape index (κ3) is 5.44.